The van der Waals surface area contributed by atoms with Crippen LogP contribution in [0, 0.1) is 0 Å². The third kappa shape index (κ3) is 16.6. The van der Waals surface area contributed by atoms with Crippen molar-refractivity contribution in [1.29, 1.82) is 0 Å². The minimum absolute atomic E-state index is 0. The van der Waals surface area contributed by atoms with Crippen molar-refractivity contribution in [3.8, 4) is 34.5 Å². The number of carbonyl (C=O) groups is 2. The summed E-state index contributed by atoms with van der Waals surface area (Å²) in [5.41, 5.74) is 2.28. The summed E-state index contributed by atoms with van der Waals surface area (Å²) in [6, 6.07) is 24.0. The second kappa shape index (κ2) is 27.5. The predicted octanol–water partition coefficient (Wildman–Crippen LogP) is 7.61. The first kappa shape index (κ1) is 53.2. The minimum atomic E-state index is -1.05. The molecule has 0 bridgehead atoms. The molecule has 4 rings (SSSR count). The second-order valence-electron chi connectivity index (χ2n) is 10.2. The van der Waals surface area contributed by atoms with E-state index in [0.717, 1.165) is 24.0 Å². The van der Waals surface area contributed by atoms with Gasteiger partial charge in [0, 0.05) is 13.8 Å². The topological polar surface area (TPSA) is 187 Å². The van der Waals surface area contributed by atoms with E-state index in [1.54, 1.807) is 76.6 Å². The summed E-state index contributed by atoms with van der Waals surface area (Å²) in [5.74, 6) is 0.594. The van der Waals surface area contributed by atoms with Crippen molar-refractivity contribution in [2.45, 2.75) is 39.3 Å². The predicted molar refractivity (Wildman–Crippen MR) is 183 cm³/mol. The number of allylic oxidation sites excluding steroid dienone is 2. The number of benzene rings is 4. The SMILES string of the molecule is C=CCc1ccc(OC(C)Oc2ccccc2C(=O)O)c(OC)c1.C=CCc1ccc(OC(C)Oc2ccccc2C(=O)O)c(OC)c1.[O-2].[O-2].[Zn+2].[Zn+2].[Zn+2]. The van der Waals surface area contributed by atoms with E-state index in [-0.39, 0.29) is 92.0 Å². The van der Waals surface area contributed by atoms with Crippen LogP contribution < -0.4 is 28.4 Å². The van der Waals surface area contributed by atoms with Crippen molar-refractivity contribution < 1.29 is 118 Å². The molecule has 268 valence electrons. The standard InChI is InChI=1S/2C19H20O5.2O.3Zn/c2*1-4-7-14-10-11-17(18(12-14)22-3)24-13(2)23-16-9-6-5-8-15(16)19(20)21;;;;;/h2*4-6,8-13H,1,7H2,2-3H3,(H,20,21);;;;;/q;;2*-2;3*+2. The molecule has 2 N–H and O–H groups in total. The molecular weight excluding hydrogens is 845 g/mol. The molecule has 2 atom stereocenters. The van der Waals surface area contributed by atoms with E-state index in [4.69, 9.17) is 28.4 Å². The van der Waals surface area contributed by atoms with Gasteiger partial charge in [-0.15, -0.1) is 13.2 Å². The Morgan fingerprint density at radius 2 is 0.887 bits per heavy atom. The van der Waals surface area contributed by atoms with Crippen LogP contribution in [-0.4, -0.2) is 49.0 Å². The summed E-state index contributed by atoms with van der Waals surface area (Å²) in [7, 11) is 3.12. The van der Waals surface area contributed by atoms with E-state index in [1.807, 2.05) is 36.4 Å². The van der Waals surface area contributed by atoms with Crippen molar-refractivity contribution in [2.24, 2.45) is 0 Å². The molecule has 0 amide bonds. The number of rotatable bonds is 16. The molecule has 4 aromatic rings. The van der Waals surface area contributed by atoms with Crippen LogP contribution in [0.2, 0.25) is 0 Å². The van der Waals surface area contributed by atoms with Crippen LogP contribution in [0.1, 0.15) is 45.7 Å². The Hall–Kier alpha value is -4.11. The number of para-hydroxylation sites is 2. The zero-order chi connectivity index (χ0) is 35.1. The Morgan fingerprint density at radius 3 is 1.19 bits per heavy atom. The molecule has 0 saturated carbocycles. The Morgan fingerprint density at radius 1 is 0.566 bits per heavy atom. The van der Waals surface area contributed by atoms with Gasteiger partial charge in [-0.05, 0) is 72.5 Å². The molecule has 12 nitrogen and oxygen atoms in total. The Balaban J connectivity index is -0.000000862. The Labute approximate surface area is 348 Å². The maximum absolute atomic E-state index is 11.2. The zero-order valence-corrected chi connectivity index (χ0v) is 39.2. The summed E-state index contributed by atoms with van der Waals surface area (Å²) in [4.78, 5) is 22.4. The average molecular weight is 885 g/mol. The number of hydrogen-bond acceptors (Lipinski definition) is 8. The first-order chi connectivity index (χ1) is 23.1. The molecule has 53 heavy (non-hydrogen) atoms. The van der Waals surface area contributed by atoms with E-state index in [9.17, 15) is 19.8 Å². The molecule has 0 fully saturated rings. The summed E-state index contributed by atoms with van der Waals surface area (Å²) in [6.45, 7) is 10.8. The average Bonchev–Trinajstić information content (AvgIpc) is 3.07. The number of carboxylic acids is 2. The van der Waals surface area contributed by atoms with E-state index in [0.29, 0.717) is 23.0 Å². The summed E-state index contributed by atoms with van der Waals surface area (Å²) >= 11 is 0. The van der Waals surface area contributed by atoms with Gasteiger partial charge in [0.15, 0.2) is 23.0 Å². The van der Waals surface area contributed by atoms with Crippen LogP contribution >= 0.6 is 0 Å². The molecule has 0 aliphatic carbocycles. The van der Waals surface area contributed by atoms with Gasteiger partial charge in [-0.1, -0.05) is 48.6 Å². The molecule has 2 unspecified atom stereocenters. The second-order valence-corrected chi connectivity index (χ2v) is 10.2. The fourth-order valence-corrected chi connectivity index (χ4v) is 4.46. The van der Waals surface area contributed by atoms with Crippen molar-refractivity contribution >= 4 is 11.9 Å². The number of hydrogen-bond donors (Lipinski definition) is 2. The van der Waals surface area contributed by atoms with E-state index in [1.165, 1.54) is 12.1 Å². The van der Waals surface area contributed by atoms with Crippen LogP contribution in [0.4, 0.5) is 0 Å². The Bertz CT molecular complexity index is 1590. The largest absolute Gasteiger partial charge is 2.00 e. The first-order valence-corrected chi connectivity index (χ1v) is 15.0. The summed E-state index contributed by atoms with van der Waals surface area (Å²) < 4.78 is 33.4. The fourth-order valence-electron chi connectivity index (χ4n) is 4.46. The number of ether oxygens (including phenoxy) is 6. The van der Waals surface area contributed by atoms with Crippen molar-refractivity contribution in [2.75, 3.05) is 14.2 Å². The minimum Gasteiger partial charge on any atom is -2.00 e. The fraction of sp³-hybridized carbons (Fsp3) is 0.211. The molecule has 0 spiro atoms. The monoisotopic (exact) mass is 880 g/mol. The molecular formula is C38H40O12Zn3+2. The van der Waals surface area contributed by atoms with Gasteiger partial charge in [-0.2, -0.15) is 0 Å². The Kier molecular flexibility index (Phi) is 27.6. The van der Waals surface area contributed by atoms with Crippen LogP contribution in [0.15, 0.2) is 110 Å². The molecule has 0 radical (unpaired) electrons. The quantitative estimate of drug-likeness (QED) is 0.0645. The van der Waals surface area contributed by atoms with Gasteiger partial charge in [0.2, 0.25) is 12.6 Å². The van der Waals surface area contributed by atoms with Gasteiger partial charge in [-0.3, -0.25) is 0 Å². The molecule has 0 aromatic heterocycles. The summed E-state index contributed by atoms with van der Waals surface area (Å²) in [5, 5.41) is 18.4. The van der Waals surface area contributed by atoms with Crippen molar-refractivity contribution in [1.82, 2.24) is 0 Å². The number of methoxy groups -OCH3 is 2. The number of carboxylic acid groups (broad SMARTS) is 2. The molecule has 0 aliphatic heterocycles. The van der Waals surface area contributed by atoms with Gasteiger partial charge in [0.25, 0.3) is 0 Å². The molecule has 0 saturated heterocycles. The molecule has 4 aromatic carbocycles. The molecule has 0 heterocycles. The van der Waals surface area contributed by atoms with E-state index >= 15 is 0 Å². The zero-order valence-electron chi connectivity index (χ0n) is 30.3. The van der Waals surface area contributed by atoms with Crippen LogP contribution in [0.25, 0.3) is 0 Å². The van der Waals surface area contributed by atoms with Crippen molar-refractivity contribution in [3.63, 3.8) is 0 Å². The van der Waals surface area contributed by atoms with Crippen LogP contribution in [0.3, 0.4) is 0 Å². The van der Waals surface area contributed by atoms with E-state index in [2.05, 4.69) is 13.2 Å². The maximum Gasteiger partial charge on any atom is 2.00 e. The van der Waals surface area contributed by atoms with Gasteiger partial charge in [0.1, 0.15) is 22.6 Å². The van der Waals surface area contributed by atoms with Gasteiger partial charge >= 0.3 is 70.4 Å². The summed E-state index contributed by atoms with van der Waals surface area (Å²) in [6.07, 6.45) is 3.70. The van der Waals surface area contributed by atoms with E-state index < -0.39 is 24.5 Å². The first-order valence-electron chi connectivity index (χ1n) is 15.0. The van der Waals surface area contributed by atoms with Gasteiger partial charge < -0.3 is 49.6 Å². The van der Waals surface area contributed by atoms with Crippen LogP contribution in [0.5, 0.6) is 34.5 Å². The molecule has 15 heteroatoms. The third-order valence-electron chi connectivity index (χ3n) is 6.62. The smallest absolute Gasteiger partial charge is 2.00 e. The van der Waals surface area contributed by atoms with Gasteiger partial charge in [0.05, 0.1) is 14.2 Å². The normalized spacial score (nSPS) is 10.3. The van der Waals surface area contributed by atoms with Crippen molar-refractivity contribution in [3.05, 3.63) is 132 Å². The third-order valence-corrected chi connectivity index (χ3v) is 6.62. The maximum atomic E-state index is 11.2. The number of aromatic carboxylic acids is 2. The van der Waals surface area contributed by atoms with Gasteiger partial charge in [-0.25, -0.2) is 9.59 Å². The van der Waals surface area contributed by atoms with Crippen LogP contribution in [-0.2, 0) is 82.2 Å². The molecule has 0 aliphatic rings.